The van der Waals surface area contributed by atoms with Crippen molar-refractivity contribution in [3.8, 4) is 0 Å². The molecular formula is C23H31N3O3. The normalized spacial score (nSPS) is 14.8. The summed E-state index contributed by atoms with van der Waals surface area (Å²) in [5.41, 5.74) is 6.96. The van der Waals surface area contributed by atoms with Crippen LogP contribution in [0.3, 0.4) is 0 Å². The van der Waals surface area contributed by atoms with Crippen molar-refractivity contribution in [1.82, 2.24) is 9.80 Å². The number of hydrogen-bond acceptors (Lipinski definition) is 4. The highest BCUT2D eigenvalue weighted by atomic mass is 16.4. The minimum Gasteiger partial charge on any atom is -0.456 e. The molecule has 1 fully saturated rings. The zero-order valence-corrected chi connectivity index (χ0v) is 17.2. The summed E-state index contributed by atoms with van der Waals surface area (Å²) < 4.78 is 5.59. The van der Waals surface area contributed by atoms with Gasteiger partial charge in [-0.2, -0.15) is 0 Å². The van der Waals surface area contributed by atoms with Gasteiger partial charge in [0.25, 0.3) is 5.91 Å². The second-order valence-electron chi connectivity index (χ2n) is 7.54. The van der Waals surface area contributed by atoms with Crippen molar-refractivity contribution in [3.05, 3.63) is 59.5 Å². The Morgan fingerprint density at radius 1 is 1.10 bits per heavy atom. The first-order chi connectivity index (χ1) is 14.1. The molecule has 1 saturated heterocycles. The fraction of sp³-hybridized carbons (Fsp3) is 0.478. The van der Waals surface area contributed by atoms with Crippen LogP contribution in [0.15, 0.2) is 46.9 Å². The molecule has 3 rings (SSSR count). The van der Waals surface area contributed by atoms with Gasteiger partial charge in [-0.15, -0.1) is 0 Å². The van der Waals surface area contributed by atoms with E-state index in [0.29, 0.717) is 51.3 Å². The van der Waals surface area contributed by atoms with Crippen molar-refractivity contribution < 1.29 is 14.0 Å². The maximum absolute atomic E-state index is 13.0. The van der Waals surface area contributed by atoms with Gasteiger partial charge in [0.05, 0.1) is 0 Å². The molecule has 29 heavy (non-hydrogen) atoms. The lowest BCUT2D eigenvalue weighted by atomic mass is 9.94. The van der Waals surface area contributed by atoms with Crippen molar-refractivity contribution in [2.45, 2.75) is 32.6 Å². The fourth-order valence-corrected chi connectivity index (χ4v) is 3.82. The fourth-order valence-electron chi connectivity index (χ4n) is 3.82. The van der Waals surface area contributed by atoms with Crippen LogP contribution in [0.2, 0.25) is 0 Å². The van der Waals surface area contributed by atoms with Gasteiger partial charge in [-0.1, -0.05) is 37.3 Å². The van der Waals surface area contributed by atoms with E-state index in [1.165, 1.54) is 5.56 Å². The van der Waals surface area contributed by atoms with Crippen molar-refractivity contribution >= 4 is 11.8 Å². The van der Waals surface area contributed by atoms with Crippen molar-refractivity contribution in [2.75, 3.05) is 32.7 Å². The largest absolute Gasteiger partial charge is 0.456 e. The van der Waals surface area contributed by atoms with E-state index in [2.05, 4.69) is 12.1 Å². The average molecular weight is 398 g/mol. The second kappa shape index (κ2) is 10.3. The van der Waals surface area contributed by atoms with Gasteiger partial charge < -0.3 is 20.0 Å². The van der Waals surface area contributed by atoms with Crippen LogP contribution in [0.4, 0.5) is 0 Å². The first-order valence-electron chi connectivity index (χ1n) is 10.5. The topological polar surface area (TPSA) is 79.8 Å². The summed E-state index contributed by atoms with van der Waals surface area (Å²) in [6.07, 6.45) is 2.95. The van der Waals surface area contributed by atoms with Crippen LogP contribution >= 0.6 is 0 Å². The van der Waals surface area contributed by atoms with Crippen LogP contribution in [0.25, 0.3) is 0 Å². The molecule has 0 spiro atoms. The number of piperidine rings is 1. The van der Waals surface area contributed by atoms with E-state index in [1.54, 1.807) is 11.0 Å². The Hall–Kier alpha value is -2.60. The van der Waals surface area contributed by atoms with Crippen LogP contribution in [-0.4, -0.2) is 54.3 Å². The number of nitrogens with zero attached hydrogens (tertiary/aromatic N) is 2. The Balaban J connectivity index is 1.53. The van der Waals surface area contributed by atoms with Gasteiger partial charge in [0, 0.05) is 45.1 Å². The van der Waals surface area contributed by atoms with Gasteiger partial charge >= 0.3 is 0 Å². The molecular weight excluding hydrogens is 366 g/mol. The average Bonchev–Trinajstić information content (AvgIpc) is 3.26. The molecule has 0 bridgehead atoms. The summed E-state index contributed by atoms with van der Waals surface area (Å²) in [4.78, 5) is 29.3. The maximum atomic E-state index is 13.0. The van der Waals surface area contributed by atoms with Crippen LogP contribution < -0.4 is 5.73 Å². The van der Waals surface area contributed by atoms with E-state index in [1.807, 2.05) is 36.1 Å². The molecule has 2 amide bonds. The molecule has 1 aliphatic heterocycles. The minimum absolute atomic E-state index is 0.0517. The Morgan fingerprint density at radius 2 is 1.83 bits per heavy atom. The number of likely N-dealkylation sites (tertiary alicyclic amines) is 1. The van der Waals surface area contributed by atoms with E-state index in [-0.39, 0.29) is 17.7 Å². The molecule has 1 aliphatic rings. The van der Waals surface area contributed by atoms with E-state index >= 15 is 0 Å². The van der Waals surface area contributed by atoms with Gasteiger partial charge in [-0.25, -0.2) is 0 Å². The summed E-state index contributed by atoms with van der Waals surface area (Å²) in [6, 6.07) is 13.8. The highest BCUT2D eigenvalue weighted by Gasteiger charge is 2.31. The van der Waals surface area contributed by atoms with E-state index in [9.17, 15) is 9.59 Å². The molecule has 2 N–H and O–H groups in total. The zero-order chi connectivity index (χ0) is 20.6. The lowest BCUT2D eigenvalue weighted by Gasteiger charge is -2.34. The number of hydrogen-bond donors (Lipinski definition) is 1. The van der Waals surface area contributed by atoms with Crippen LogP contribution in [0.1, 0.15) is 41.6 Å². The van der Waals surface area contributed by atoms with Gasteiger partial charge in [0.2, 0.25) is 5.91 Å². The minimum atomic E-state index is -0.0847. The molecule has 6 nitrogen and oxygen atoms in total. The van der Waals surface area contributed by atoms with Crippen molar-refractivity contribution in [3.63, 3.8) is 0 Å². The number of aryl methyl sites for hydroxylation is 1. The van der Waals surface area contributed by atoms with E-state index in [4.69, 9.17) is 10.2 Å². The molecule has 2 heterocycles. The number of benzene rings is 1. The predicted molar refractivity (Wildman–Crippen MR) is 112 cm³/mol. The van der Waals surface area contributed by atoms with Crippen molar-refractivity contribution in [2.24, 2.45) is 11.7 Å². The molecule has 1 aromatic heterocycles. The highest BCUT2D eigenvalue weighted by molar-refractivity contribution is 5.91. The van der Waals surface area contributed by atoms with Gasteiger partial charge in [0.15, 0.2) is 5.76 Å². The molecule has 0 saturated carbocycles. The number of carbonyl (C=O) groups is 2. The molecule has 156 valence electrons. The first kappa shape index (κ1) is 21.1. The third-order valence-corrected chi connectivity index (χ3v) is 5.58. The molecule has 0 radical (unpaired) electrons. The Labute approximate surface area is 172 Å². The lowest BCUT2D eigenvalue weighted by molar-refractivity contribution is -0.136. The Bertz CT molecular complexity index is 795. The van der Waals surface area contributed by atoms with Gasteiger partial charge in [-0.3, -0.25) is 9.59 Å². The molecule has 1 aromatic carbocycles. The smallest absolute Gasteiger partial charge is 0.289 e. The third-order valence-electron chi connectivity index (χ3n) is 5.58. The van der Waals surface area contributed by atoms with E-state index in [0.717, 1.165) is 18.6 Å². The monoisotopic (exact) mass is 397 g/mol. The quantitative estimate of drug-likeness (QED) is 0.743. The van der Waals surface area contributed by atoms with Gasteiger partial charge in [0.1, 0.15) is 5.76 Å². The summed E-state index contributed by atoms with van der Waals surface area (Å²) in [6.45, 7) is 4.84. The number of carbonyl (C=O) groups excluding carboxylic acids is 2. The summed E-state index contributed by atoms with van der Waals surface area (Å²) in [5.74, 6) is 1.22. The third kappa shape index (κ3) is 5.48. The van der Waals surface area contributed by atoms with Crippen LogP contribution in [-0.2, 0) is 17.6 Å². The Kier molecular flexibility index (Phi) is 7.47. The molecule has 2 aromatic rings. The van der Waals surface area contributed by atoms with E-state index < -0.39 is 0 Å². The summed E-state index contributed by atoms with van der Waals surface area (Å²) in [5, 5.41) is 0. The standard InChI is InChI=1S/C23H31N3O3/c1-2-20-8-9-21(29-20)23(28)25-15-11-19(12-16-25)22(27)26(17-13-24)14-10-18-6-4-3-5-7-18/h3-9,19H,2,10-17,24H2,1H3. The predicted octanol–water partition coefficient (Wildman–Crippen LogP) is 2.72. The summed E-state index contributed by atoms with van der Waals surface area (Å²) >= 11 is 0. The van der Waals surface area contributed by atoms with Crippen LogP contribution in [0, 0.1) is 5.92 Å². The highest BCUT2D eigenvalue weighted by Crippen LogP contribution is 2.22. The first-order valence-corrected chi connectivity index (χ1v) is 10.5. The number of amides is 2. The molecule has 6 heteroatoms. The molecule has 0 unspecified atom stereocenters. The maximum Gasteiger partial charge on any atom is 0.289 e. The summed E-state index contributed by atoms with van der Waals surface area (Å²) in [7, 11) is 0. The molecule has 0 atom stereocenters. The SMILES string of the molecule is CCc1ccc(C(=O)N2CCC(C(=O)N(CCN)CCc3ccccc3)CC2)o1. The molecule has 0 aliphatic carbocycles. The number of furan rings is 1. The Morgan fingerprint density at radius 3 is 2.45 bits per heavy atom. The number of rotatable bonds is 8. The lowest BCUT2D eigenvalue weighted by Crippen LogP contribution is -2.46. The van der Waals surface area contributed by atoms with Gasteiger partial charge in [-0.05, 0) is 37.0 Å². The van der Waals surface area contributed by atoms with Crippen molar-refractivity contribution in [1.29, 1.82) is 0 Å². The second-order valence-corrected chi connectivity index (χ2v) is 7.54. The van der Waals surface area contributed by atoms with Crippen LogP contribution in [0.5, 0.6) is 0 Å². The zero-order valence-electron chi connectivity index (χ0n) is 17.2. The number of nitrogens with two attached hydrogens (primary N) is 1.